The number of nitrogens with one attached hydrogen (secondary N) is 1. The normalized spacial score (nSPS) is 12.2. The van der Waals surface area contributed by atoms with Gasteiger partial charge in [-0.2, -0.15) is 0 Å². The number of benzene rings is 1. The van der Waals surface area contributed by atoms with Crippen LogP contribution in [0.2, 0.25) is 0 Å². The van der Waals surface area contributed by atoms with Crippen LogP contribution >= 0.6 is 0 Å². The Balaban J connectivity index is 2.97. The van der Waals surface area contributed by atoms with Crippen molar-refractivity contribution in [3.05, 3.63) is 29.3 Å². The Morgan fingerprint density at radius 3 is 2.35 bits per heavy atom. The van der Waals surface area contributed by atoms with Gasteiger partial charge in [-0.25, -0.2) is 5.84 Å². The SMILES string of the molecule is Cc1ccc(OCC(C)(C)C(=O)NN)c(C(C)(C)C)c1. The molecule has 0 atom stereocenters. The fourth-order valence-corrected chi connectivity index (χ4v) is 1.87. The molecule has 4 nitrogen and oxygen atoms in total. The number of amides is 1. The van der Waals surface area contributed by atoms with E-state index in [0.29, 0.717) is 0 Å². The maximum Gasteiger partial charge on any atom is 0.242 e. The minimum absolute atomic E-state index is 0.0123. The summed E-state index contributed by atoms with van der Waals surface area (Å²) in [5.41, 5.74) is 3.83. The molecule has 0 fully saturated rings. The molecule has 0 aromatic heterocycles. The minimum Gasteiger partial charge on any atom is -0.492 e. The zero-order valence-electron chi connectivity index (χ0n) is 13.3. The van der Waals surface area contributed by atoms with Gasteiger partial charge in [0.2, 0.25) is 5.91 Å². The van der Waals surface area contributed by atoms with Crippen LogP contribution < -0.4 is 16.0 Å². The summed E-state index contributed by atoms with van der Waals surface area (Å²) in [6.07, 6.45) is 0. The first-order valence-electron chi connectivity index (χ1n) is 6.83. The molecule has 0 bridgehead atoms. The van der Waals surface area contributed by atoms with Gasteiger partial charge < -0.3 is 4.74 Å². The molecule has 0 saturated heterocycles. The summed E-state index contributed by atoms with van der Waals surface area (Å²) in [5, 5.41) is 0. The van der Waals surface area contributed by atoms with E-state index in [0.717, 1.165) is 11.3 Å². The predicted octanol–water partition coefficient (Wildman–Crippen LogP) is 2.69. The second-order valence-corrected chi connectivity index (χ2v) is 6.90. The molecule has 1 aromatic carbocycles. The molecule has 0 radical (unpaired) electrons. The minimum atomic E-state index is -0.672. The van der Waals surface area contributed by atoms with Crippen molar-refractivity contribution in [1.29, 1.82) is 0 Å². The molecule has 1 aromatic rings. The maximum absolute atomic E-state index is 11.7. The topological polar surface area (TPSA) is 64.3 Å². The largest absolute Gasteiger partial charge is 0.492 e. The third-order valence-corrected chi connectivity index (χ3v) is 3.28. The van der Waals surface area contributed by atoms with Gasteiger partial charge >= 0.3 is 0 Å². The number of aryl methyl sites for hydroxylation is 1. The van der Waals surface area contributed by atoms with E-state index in [-0.39, 0.29) is 17.9 Å². The smallest absolute Gasteiger partial charge is 0.242 e. The molecule has 20 heavy (non-hydrogen) atoms. The lowest BCUT2D eigenvalue weighted by molar-refractivity contribution is -0.130. The molecule has 0 heterocycles. The predicted molar refractivity (Wildman–Crippen MR) is 81.5 cm³/mol. The van der Waals surface area contributed by atoms with Crippen molar-refractivity contribution in [1.82, 2.24) is 5.43 Å². The highest BCUT2D eigenvalue weighted by Gasteiger charge is 2.29. The first-order valence-corrected chi connectivity index (χ1v) is 6.83. The number of ether oxygens (including phenoxy) is 1. The van der Waals surface area contributed by atoms with E-state index >= 15 is 0 Å². The molecule has 0 aliphatic carbocycles. The van der Waals surface area contributed by atoms with Gasteiger partial charge in [0.05, 0.1) is 5.41 Å². The number of hydrazine groups is 1. The lowest BCUT2D eigenvalue weighted by atomic mass is 9.85. The van der Waals surface area contributed by atoms with Crippen molar-refractivity contribution in [2.75, 3.05) is 6.61 Å². The molecule has 112 valence electrons. The number of hydrogen-bond acceptors (Lipinski definition) is 3. The molecule has 0 aliphatic heterocycles. The standard InChI is InChI=1S/C16H26N2O2/c1-11-7-8-13(12(9-11)15(2,3)4)20-10-16(5,6)14(19)18-17/h7-9H,10,17H2,1-6H3,(H,18,19). The van der Waals surface area contributed by atoms with E-state index in [2.05, 4.69) is 39.2 Å². The van der Waals surface area contributed by atoms with Gasteiger partial charge in [-0.3, -0.25) is 10.2 Å². The molecule has 4 heteroatoms. The second kappa shape index (κ2) is 5.83. The first kappa shape index (κ1) is 16.5. The van der Waals surface area contributed by atoms with Crippen LogP contribution in [0.15, 0.2) is 18.2 Å². The summed E-state index contributed by atoms with van der Waals surface area (Å²) in [7, 11) is 0. The Labute approximate surface area is 121 Å². The number of nitrogens with two attached hydrogens (primary N) is 1. The van der Waals surface area contributed by atoms with Gasteiger partial charge in [-0.1, -0.05) is 38.5 Å². The van der Waals surface area contributed by atoms with Crippen LogP contribution in [0.25, 0.3) is 0 Å². The summed E-state index contributed by atoms with van der Waals surface area (Å²) < 4.78 is 5.89. The van der Waals surface area contributed by atoms with Crippen LogP contribution in [0.4, 0.5) is 0 Å². The summed E-state index contributed by atoms with van der Waals surface area (Å²) in [5.74, 6) is 5.78. The zero-order valence-corrected chi connectivity index (χ0v) is 13.3. The van der Waals surface area contributed by atoms with Crippen LogP contribution in [0.3, 0.4) is 0 Å². The van der Waals surface area contributed by atoms with Gasteiger partial charge in [0.1, 0.15) is 12.4 Å². The lowest BCUT2D eigenvalue weighted by Crippen LogP contribution is -2.44. The first-order chi connectivity index (χ1) is 9.08. The van der Waals surface area contributed by atoms with Crippen molar-refractivity contribution in [3.8, 4) is 5.75 Å². The molecule has 1 amide bonds. The monoisotopic (exact) mass is 278 g/mol. The molecule has 0 spiro atoms. The van der Waals surface area contributed by atoms with E-state index < -0.39 is 5.41 Å². The van der Waals surface area contributed by atoms with Crippen molar-refractivity contribution in [2.24, 2.45) is 11.3 Å². The summed E-state index contributed by atoms with van der Waals surface area (Å²) >= 11 is 0. The van der Waals surface area contributed by atoms with Gasteiger partial charge in [-0.15, -0.1) is 0 Å². The Bertz CT molecular complexity index is 488. The van der Waals surface area contributed by atoms with Crippen molar-refractivity contribution < 1.29 is 9.53 Å². The number of carbonyl (C=O) groups excluding carboxylic acids is 1. The quantitative estimate of drug-likeness (QED) is 0.505. The van der Waals surface area contributed by atoms with E-state index in [1.807, 2.05) is 12.1 Å². The van der Waals surface area contributed by atoms with Crippen molar-refractivity contribution >= 4 is 5.91 Å². The van der Waals surface area contributed by atoms with Crippen LogP contribution in [-0.2, 0) is 10.2 Å². The third kappa shape index (κ3) is 3.97. The van der Waals surface area contributed by atoms with Crippen molar-refractivity contribution in [2.45, 2.75) is 47.0 Å². The Morgan fingerprint density at radius 2 is 1.85 bits per heavy atom. The summed E-state index contributed by atoms with van der Waals surface area (Å²) in [6.45, 7) is 12.4. The molecule has 0 saturated carbocycles. The van der Waals surface area contributed by atoms with E-state index in [1.165, 1.54) is 5.56 Å². The Hall–Kier alpha value is -1.55. The van der Waals surface area contributed by atoms with Gasteiger partial charge in [0.15, 0.2) is 0 Å². The molecule has 0 unspecified atom stereocenters. The third-order valence-electron chi connectivity index (χ3n) is 3.28. The van der Waals surface area contributed by atoms with E-state index in [4.69, 9.17) is 10.6 Å². The van der Waals surface area contributed by atoms with Crippen LogP contribution in [0.1, 0.15) is 45.7 Å². The molecular formula is C16H26N2O2. The van der Waals surface area contributed by atoms with E-state index in [9.17, 15) is 4.79 Å². The average Bonchev–Trinajstić information content (AvgIpc) is 2.35. The van der Waals surface area contributed by atoms with E-state index in [1.54, 1.807) is 13.8 Å². The highest BCUT2D eigenvalue weighted by Crippen LogP contribution is 2.33. The van der Waals surface area contributed by atoms with Gasteiger partial charge in [-0.05, 0) is 37.8 Å². The molecule has 1 rings (SSSR count). The highest BCUT2D eigenvalue weighted by atomic mass is 16.5. The Morgan fingerprint density at radius 1 is 1.25 bits per heavy atom. The second-order valence-electron chi connectivity index (χ2n) is 6.90. The van der Waals surface area contributed by atoms with Gasteiger partial charge in [0.25, 0.3) is 0 Å². The fourth-order valence-electron chi connectivity index (χ4n) is 1.87. The molecule has 0 aliphatic rings. The highest BCUT2D eigenvalue weighted by molar-refractivity contribution is 5.81. The maximum atomic E-state index is 11.7. The van der Waals surface area contributed by atoms with Crippen LogP contribution in [-0.4, -0.2) is 12.5 Å². The van der Waals surface area contributed by atoms with Crippen molar-refractivity contribution in [3.63, 3.8) is 0 Å². The molecule has 3 N–H and O–H groups in total. The number of carbonyl (C=O) groups is 1. The fraction of sp³-hybridized carbons (Fsp3) is 0.562. The number of rotatable bonds is 4. The summed E-state index contributed by atoms with van der Waals surface area (Å²) in [6, 6.07) is 6.11. The van der Waals surface area contributed by atoms with Crippen LogP contribution in [0, 0.1) is 12.3 Å². The zero-order chi connectivity index (χ0) is 15.6. The number of hydrogen-bond donors (Lipinski definition) is 2. The Kier molecular flexibility index (Phi) is 4.81. The molecular weight excluding hydrogens is 252 g/mol. The summed E-state index contributed by atoms with van der Waals surface area (Å²) in [4.78, 5) is 11.7. The van der Waals surface area contributed by atoms with Gasteiger partial charge in [0, 0.05) is 0 Å². The van der Waals surface area contributed by atoms with Crippen LogP contribution in [0.5, 0.6) is 5.75 Å². The average molecular weight is 278 g/mol. The lowest BCUT2D eigenvalue weighted by Gasteiger charge is -2.27.